The lowest BCUT2D eigenvalue weighted by Crippen LogP contribution is -2.29. The molecular formula is C26H20N2O4S. The number of aromatic nitrogens is 1. The van der Waals surface area contributed by atoms with Gasteiger partial charge in [0.05, 0.1) is 10.2 Å². The summed E-state index contributed by atoms with van der Waals surface area (Å²) >= 11 is 1.59. The van der Waals surface area contributed by atoms with Gasteiger partial charge in [0.2, 0.25) is 0 Å². The van der Waals surface area contributed by atoms with Crippen LogP contribution in [0.4, 0.5) is 5.13 Å². The maximum absolute atomic E-state index is 12.9. The van der Waals surface area contributed by atoms with Crippen LogP contribution in [0, 0.1) is 0 Å². The van der Waals surface area contributed by atoms with Crippen LogP contribution >= 0.6 is 11.3 Å². The zero-order valence-electron chi connectivity index (χ0n) is 17.7. The first-order valence-corrected chi connectivity index (χ1v) is 11.8. The molecule has 2 aromatic heterocycles. The summed E-state index contributed by atoms with van der Waals surface area (Å²) in [5.41, 5.74) is 0.468. The second-order valence-electron chi connectivity index (χ2n) is 8.21. The van der Waals surface area contributed by atoms with Gasteiger partial charge in [-0.25, -0.2) is 14.6 Å². The molecule has 5 aromatic rings. The molecule has 0 bridgehead atoms. The van der Waals surface area contributed by atoms with Gasteiger partial charge in [-0.2, -0.15) is 0 Å². The predicted molar refractivity (Wildman–Crippen MR) is 131 cm³/mol. The molecule has 6 nitrogen and oxygen atoms in total. The SMILES string of the molecule is O=C(Oc1ccc2nc(N3CCCCC3)sc2c1)c1cc2c(ccc3ccccc32)oc1=O. The molecule has 0 unspecified atom stereocenters. The number of fused-ring (bicyclic) bond motifs is 4. The van der Waals surface area contributed by atoms with E-state index in [1.54, 1.807) is 35.6 Å². The molecule has 7 heteroatoms. The highest BCUT2D eigenvalue weighted by Crippen LogP contribution is 2.33. The van der Waals surface area contributed by atoms with Crippen LogP contribution in [0.1, 0.15) is 29.6 Å². The number of thiazole rings is 1. The van der Waals surface area contributed by atoms with Crippen LogP contribution in [-0.2, 0) is 0 Å². The number of anilines is 1. The summed E-state index contributed by atoms with van der Waals surface area (Å²) in [6.07, 6.45) is 3.63. The molecule has 0 spiro atoms. The summed E-state index contributed by atoms with van der Waals surface area (Å²) in [5, 5.41) is 3.60. The van der Waals surface area contributed by atoms with Gasteiger partial charge in [-0.3, -0.25) is 0 Å². The number of hydrogen-bond acceptors (Lipinski definition) is 7. The average Bonchev–Trinajstić information content (AvgIpc) is 3.27. The topological polar surface area (TPSA) is 72.6 Å². The van der Waals surface area contributed by atoms with E-state index in [1.807, 2.05) is 36.4 Å². The molecule has 0 aliphatic carbocycles. The first-order valence-electron chi connectivity index (χ1n) is 11.0. The minimum absolute atomic E-state index is 0.128. The molecular weight excluding hydrogens is 436 g/mol. The maximum atomic E-state index is 12.9. The van der Waals surface area contributed by atoms with Crippen molar-refractivity contribution in [3.05, 3.63) is 76.6 Å². The van der Waals surface area contributed by atoms with Gasteiger partial charge in [-0.15, -0.1) is 0 Å². The molecule has 3 heterocycles. The third-order valence-corrected chi connectivity index (χ3v) is 7.13. The van der Waals surface area contributed by atoms with Crippen molar-refractivity contribution in [2.45, 2.75) is 19.3 Å². The van der Waals surface area contributed by atoms with E-state index in [1.165, 1.54) is 19.3 Å². The fraction of sp³-hybridized carbons (Fsp3) is 0.192. The Labute approximate surface area is 193 Å². The Balaban J connectivity index is 1.32. The molecule has 0 saturated carbocycles. The number of piperidine rings is 1. The molecule has 0 radical (unpaired) electrons. The second kappa shape index (κ2) is 8.01. The van der Waals surface area contributed by atoms with Crippen molar-refractivity contribution in [1.82, 2.24) is 4.98 Å². The van der Waals surface area contributed by atoms with Crippen LogP contribution in [0.5, 0.6) is 5.75 Å². The number of carbonyl (C=O) groups is 1. The van der Waals surface area contributed by atoms with E-state index in [4.69, 9.17) is 14.1 Å². The molecule has 1 aliphatic rings. The number of carbonyl (C=O) groups excluding carboxylic acids is 1. The van der Waals surface area contributed by atoms with Crippen LogP contribution in [0.2, 0.25) is 0 Å². The number of rotatable bonds is 3. The van der Waals surface area contributed by atoms with Crippen molar-refractivity contribution in [2.75, 3.05) is 18.0 Å². The molecule has 0 atom stereocenters. The van der Waals surface area contributed by atoms with E-state index in [0.29, 0.717) is 16.7 Å². The van der Waals surface area contributed by atoms with Crippen molar-refractivity contribution in [2.24, 2.45) is 0 Å². The Kier molecular flexibility index (Phi) is 4.84. The Bertz CT molecular complexity index is 1580. The smallest absolute Gasteiger partial charge is 0.351 e. The quantitative estimate of drug-likeness (QED) is 0.149. The third-order valence-electron chi connectivity index (χ3n) is 6.05. The van der Waals surface area contributed by atoms with E-state index in [9.17, 15) is 9.59 Å². The van der Waals surface area contributed by atoms with Crippen LogP contribution in [0.15, 0.2) is 69.9 Å². The van der Waals surface area contributed by atoms with Gasteiger partial charge in [-0.05, 0) is 54.3 Å². The molecule has 6 rings (SSSR count). The summed E-state index contributed by atoms with van der Waals surface area (Å²) in [4.78, 5) is 32.5. The summed E-state index contributed by atoms with van der Waals surface area (Å²) < 4.78 is 11.9. The summed E-state index contributed by atoms with van der Waals surface area (Å²) in [7, 11) is 0. The molecule has 1 aliphatic heterocycles. The highest BCUT2D eigenvalue weighted by Gasteiger charge is 2.19. The van der Waals surface area contributed by atoms with Crippen molar-refractivity contribution in [1.29, 1.82) is 0 Å². The van der Waals surface area contributed by atoms with Gasteiger partial charge >= 0.3 is 11.6 Å². The molecule has 33 heavy (non-hydrogen) atoms. The minimum Gasteiger partial charge on any atom is -0.423 e. The second-order valence-corrected chi connectivity index (χ2v) is 9.22. The Morgan fingerprint density at radius 1 is 0.970 bits per heavy atom. The van der Waals surface area contributed by atoms with E-state index in [2.05, 4.69) is 4.90 Å². The highest BCUT2D eigenvalue weighted by molar-refractivity contribution is 7.22. The Hall–Kier alpha value is -3.71. The highest BCUT2D eigenvalue weighted by atomic mass is 32.1. The minimum atomic E-state index is -0.737. The Morgan fingerprint density at radius 3 is 2.70 bits per heavy atom. The largest absolute Gasteiger partial charge is 0.423 e. The number of hydrogen-bond donors (Lipinski definition) is 0. The van der Waals surface area contributed by atoms with Gasteiger partial charge in [-0.1, -0.05) is 41.7 Å². The lowest BCUT2D eigenvalue weighted by molar-refractivity contribution is 0.0731. The number of benzene rings is 3. The van der Waals surface area contributed by atoms with Crippen molar-refractivity contribution in [3.8, 4) is 5.75 Å². The fourth-order valence-corrected chi connectivity index (χ4v) is 5.40. The van der Waals surface area contributed by atoms with Crippen molar-refractivity contribution < 1.29 is 13.9 Å². The summed E-state index contributed by atoms with van der Waals surface area (Å²) in [5.74, 6) is -0.363. The molecule has 3 aromatic carbocycles. The predicted octanol–water partition coefficient (Wildman–Crippen LogP) is 5.77. The van der Waals surface area contributed by atoms with Crippen LogP contribution in [-0.4, -0.2) is 24.0 Å². The third kappa shape index (κ3) is 3.64. The van der Waals surface area contributed by atoms with E-state index in [0.717, 1.165) is 39.2 Å². The van der Waals surface area contributed by atoms with Crippen LogP contribution in [0.25, 0.3) is 32.0 Å². The number of ether oxygens (including phenoxy) is 1. The van der Waals surface area contributed by atoms with E-state index >= 15 is 0 Å². The van der Waals surface area contributed by atoms with Crippen molar-refractivity contribution in [3.63, 3.8) is 0 Å². The number of nitrogens with zero attached hydrogens (tertiary/aromatic N) is 2. The van der Waals surface area contributed by atoms with E-state index < -0.39 is 11.6 Å². The van der Waals surface area contributed by atoms with Crippen molar-refractivity contribution >= 4 is 54.4 Å². The van der Waals surface area contributed by atoms with Gasteiger partial charge in [0, 0.05) is 24.5 Å². The summed E-state index contributed by atoms with van der Waals surface area (Å²) in [6.45, 7) is 2.04. The normalized spacial score (nSPS) is 14.2. The standard InChI is InChI=1S/C26H20N2O4S/c29-24(20-15-19-18-7-3-2-6-16(18)8-11-22(19)32-25(20)30)31-17-9-10-21-23(14-17)33-26(27-21)28-12-4-1-5-13-28/h2-3,6-11,14-15H,1,4-5,12-13H2. The maximum Gasteiger partial charge on any atom is 0.351 e. The first kappa shape index (κ1) is 19.9. The van der Waals surface area contributed by atoms with Gasteiger partial charge < -0.3 is 14.1 Å². The molecule has 164 valence electrons. The van der Waals surface area contributed by atoms with Gasteiger partial charge in [0.1, 0.15) is 16.9 Å². The van der Waals surface area contributed by atoms with Crippen LogP contribution in [0.3, 0.4) is 0 Å². The van der Waals surface area contributed by atoms with Crippen LogP contribution < -0.4 is 15.3 Å². The lowest BCUT2D eigenvalue weighted by atomic mass is 10.0. The molecule has 0 amide bonds. The monoisotopic (exact) mass is 456 g/mol. The fourth-order valence-electron chi connectivity index (χ4n) is 4.35. The average molecular weight is 457 g/mol. The van der Waals surface area contributed by atoms with E-state index in [-0.39, 0.29) is 5.56 Å². The zero-order valence-corrected chi connectivity index (χ0v) is 18.6. The Morgan fingerprint density at radius 2 is 1.82 bits per heavy atom. The zero-order chi connectivity index (χ0) is 22.4. The summed E-state index contributed by atoms with van der Waals surface area (Å²) in [6, 6.07) is 18.3. The van der Waals surface area contributed by atoms with Gasteiger partial charge in [0.15, 0.2) is 5.13 Å². The molecule has 1 saturated heterocycles. The first-order chi connectivity index (χ1) is 16.2. The van der Waals surface area contributed by atoms with Gasteiger partial charge in [0.25, 0.3) is 0 Å². The molecule has 0 N–H and O–H groups in total. The number of esters is 1. The molecule has 1 fully saturated rings. The lowest BCUT2D eigenvalue weighted by Gasteiger charge is -2.25.